The van der Waals surface area contributed by atoms with Gasteiger partial charge in [0.1, 0.15) is 12.2 Å². The number of nitrogens with one attached hydrogen (secondary N) is 1. The van der Waals surface area contributed by atoms with Crippen LogP contribution in [0.2, 0.25) is 0 Å². The summed E-state index contributed by atoms with van der Waals surface area (Å²) in [5, 5.41) is 11.8. The number of fused-ring (bicyclic) bond motifs is 1. The van der Waals surface area contributed by atoms with Crippen molar-refractivity contribution in [2.75, 3.05) is 6.54 Å². The van der Waals surface area contributed by atoms with Gasteiger partial charge in [0, 0.05) is 37.9 Å². The predicted octanol–water partition coefficient (Wildman–Crippen LogP) is 1.48. The van der Waals surface area contributed by atoms with Gasteiger partial charge in [-0.15, -0.1) is 0 Å². The van der Waals surface area contributed by atoms with Gasteiger partial charge < -0.3 is 24.8 Å². The first kappa shape index (κ1) is 15.9. The average Bonchev–Trinajstić information content (AvgIpc) is 3.01. The van der Waals surface area contributed by atoms with Crippen molar-refractivity contribution < 1.29 is 29.0 Å². The molecule has 0 aromatic heterocycles. The molecule has 8 heteroatoms. The van der Waals surface area contributed by atoms with E-state index in [0.717, 1.165) is 19.3 Å². The van der Waals surface area contributed by atoms with Crippen molar-refractivity contribution >= 4 is 18.2 Å². The lowest BCUT2D eigenvalue weighted by Gasteiger charge is -2.36. The number of amides is 2. The molecular weight excluding hydrogens is 304 g/mol. The summed E-state index contributed by atoms with van der Waals surface area (Å²) in [5.74, 6) is -0.835. The molecule has 0 aromatic rings. The van der Waals surface area contributed by atoms with Crippen LogP contribution in [0.25, 0.3) is 0 Å². The van der Waals surface area contributed by atoms with Crippen molar-refractivity contribution in [2.45, 2.75) is 69.2 Å². The van der Waals surface area contributed by atoms with Gasteiger partial charge in [-0.05, 0) is 25.7 Å². The number of ether oxygens (including phenoxy) is 2. The molecule has 2 saturated heterocycles. The van der Waals surface area contributed by atoms with Gasteiger partial charge in [-0.25, -0.2) is 9.59 Å². The molecule has 3 fully saturated rings. The summed E-state index contributed by atoms with van der Waals surface area (Å²) >= 11 is 0. The van der Waals surface area contributed by atoms with Crippen LogP contribution >= 0.6 is 0 Å². The number of carboxylic acid groups (broad SMARTS) is 1. The Hall–Kier alpha value is -1.99. The Morgan fingerprint density at radius 3 is 2.57 bits per heavy atom. The molecule has 128 valence electrons. The maximum Gasteiger partial charge on any atom is 0.509 e. The largest absolute Gasteiger partial charge is 0.509 e. The fraction of sp³-hybridized carbons (Fsp3) is 0.800. The Bertz CT molecular complexity index is 480. The monoisotopic (exact) mass is 326 g/mol. The minimum atomic E-state index is -0.835. The molecule has 3 rings (SSSR count). The number of aliphatic carboxylic acids is 1. The summed E-state index contributed by atoms with van der Waals surface area (Å²) in [7, 11) is 0. The third kappa shape index (κ3) is 3.68. The fourth-order valence-electron chi connectivity index (χ4n) is 3.72. The quantitative estimate of drug-likeness (QED) is 0.758. The molecule has 3 aliphatic rings. The van der Waals surface area contributed by atoms with Crippen LogP contribution in [-0.4, -0.2) is 59.0 Å². The molecule has 2 aliphatic heterocycles. The third-order valence-corrected chi connectivity index (χ3v) is 4.85. The molecule has 8 nitrogen and oxygen atoms in total. The Kier molecular flexibility index (Phi) is 4.58. The standard InChI is InChI=1S/C15H22N2O6/c18-13(19)5-4-10-3-1-2-6-17(10)14(20)16-9-7-11-12(8-9)23-15(21)22-11/h9-12H,1-8H2,(H,16,20)(H,18,19)/t9?,10?,11-,12+. The highest BCUT2D eigenvalue weighted by atomic mass is 16.8. The highest BCUT2D eigenvalue weighted by Crippen LogP contribution is 2.31. The lowest BCUT2D eigenvalue weighted by Crippen LogP contribution is -2.51. The molecule has 23 heavy (non-hydrogen) atoms. The lowest BCUT2D eigenvalue weighted by molar-refractivity contribution is -0.137. The molecule has 2 N–H and O–H groups in total. The Balaban J connectivity index is 1.52. The van der Waals surface area contributed by atoms with Gasteiger partial charge in [0.25, 0.3) is 0 Å². The van der Waals surface area contributed by atoms with Crippen molar-refractivity contribution in [1.82, 2.24) is 10.2 Å². The van der Waals surface area contributed by atoms with E-state index in [1.165, 1.54) is 0 Å². The number of carbonyl (C=O) groups excluding carboxylic acids is 2. The maximum absolute atomic E-state index is 12.5. The number of nitrogens with zero attached hydrogens (tertiary/aromatic N) is 1. The highest BCUT2D eigenvalue weighted by molar-refractivity contribution is 5.75. The molecule has 2 unspecified atom stereocenters. The van der Waals surface area contributed by atoms with E-state index in [0.29, 0.717) is 25.8 Å². The van der Waals surface area contributed by atoms with Gasteiger partial charge in [-0.3, -0.25) is 4.79 Å². The van der Waals surface area contributed by atoms with Crippen molar-refractivity contribution in [3.05, 3.63) is 0 Å². The number of carbonyl (C=O) groups is 3. The summed E-state index contributed by atoms with van der Waals surface area (Å²) in [6.07, 6.45) is 3.33. The van der Waals surface area contributed by atoms with Crippen molar-refractivity contribution in [3.8, 4) is 0 Å². The molecule has 2 heterocycles. The van der Waals surface area contributed by atoms with Crippen LogP contribution in [0.3, 0.4) is 0 Å². The normalized spacial score (nSPS) is 32.9. The second-order valence-corrected chi connectivity index (χ2v) is 6.46. The van der Waals surface area contributed by atoms with E-state index in [1.807, 2.05) is 0 Å². The summed E-state index contributed by atoms with van der Waals surface area (Å²) in [6, 6.07) is -0.251. The van der Waals surface area contributed by atoms with Crippen LogP contribution in [0, 0.1) is 0 Å². The Labute approximate surface area is 134 Å². The number of urea groups is 1. The second-order valence-electron chi connectivity index (χ2n) is 6.46. The summed E-state index contributed by atoms with van der Waals surface area (Å²) in [4.78, 5) is 36.0. The van der Waals surface area contributed by atoms with Gasteiger partial charge in [-0.2, -0.15) is 0 Å². The van der Waals surface area contributed by atoms with Crippen LogP contribution < -0.4 is 5.32 Å². The zero-order valence-corrected chi connectivity index (χ0v) is 12.9. The molecule has 2 amide bonds. The number of piperidine rings is 1. The SMILES string of the molecule is O=C(O)CCC1CCCCN1C(=O)NC1C[C@@H]2OC(=O)O[C@@H]2C1. The third-order valence-electron chi connectivity index (χ3n) is 4.85. The number of carboxylic acids is 1. The molecule has 0 bridgehead atoms. The summed E-state index contributed by atoms with van der Waals surface area (Å²) < 4.78 is 10.1. The topological polar surface area (TPSA) is 105 Å². The Morgan fingerprint density at radius 2 is 1.91 bits per heavy atom. The Morgan fingerprint density at radius 1 is 1.22 bits per heavy atom. The van der Waals surface area contributed by atoms with E-state index in [1.54, 1.807) is 4.90 Å². The zero-order valence-electron chi connectivity index (χ0n) is 12.9. The minimum Gasteiger partial charge on any atom is -0.481 e. The number of likely N-dealkylation sites (tertiary alicyclic amines) is 1. The van der Waals surface area contributed by atoms with E-state index in [-0.39, 0.29) is 36.7 Å². The zero-order chi connectivity index (χ0) is 16.4. The van der Waals surface area contributed by atoms with Crippen LogP contribution in [0.5, 0.6) is 0 Å². The average molecular weight is 326 g/mol. The lowest BCUT2D eigenvalue weighted by atomic mass is 9.98. The van der Waals surface area contributed by atoms with Gasteiger partial charge in [-0.1, -0.05) is 0 Å². The molecule has 1 aliphatic carbocycles. The summed E-state index contributed by atoms with van der Waals surface area (Å²) in [5.41, 5.74) is 0. The maximum atomic E-state index is 12.5. The van der Waals surface area contributed by atoms with Gasteiger partial charge in [0.2, 0.25) is 0 Å². The van der Waals surface area contributed by atoms with Crippen LogP contribution in [0.4, 0.5) is 9.59 Å². The minimum absolute atomic E-state index is 0.0187. The molecule has 0 radical (unpaired) electrons. The van der Waals surface area contributed by atoms with E-state index >= 15 is 0 Å². The molecule has 4 atom stereocenters. The smallest absolute Gasteiger partial charge is 0.481 e. The van der Waals surface area contributed by atoms with Crippen LogP contribution in [0.1, 0.15) is 44.9 Å². The van der Waals surface area contributed by atoms with Gasteiger partial charge in [0.05, 0.1) is 0 Å². The van der Waals surface area contributed by atoms with Crippen molar-refractivity contribution in [2.24, 2.45) is 0 Å². The van der Waals surface area contributed by atoms with E-state index in [2.05, 4.69) is 5.32 Å². The number of hydrogen-bond donors (Lipinski definition) is 2. The van der Waals surface area contributed by atoms with E-state index in [9.17, 15) is 14.4 Å². The fourth-order valence-corrected chi connectivity index (χ4v) is 3.72. The first-order valence-electron chi connectivity index (χ1n) is 8.19. The molecular formula is C15H22N2O6. The first-order chi connectivity index (χ1) is 11.0. The van der Waals surface area contributed by atoms with Gasteiger partial charge >= 0.3 is 18.2 Å². The summed E-state index contributed by atoms with van der Waals surface area (Å²) in [6.45, 7) is 0.654. The number of rotatable bonds is 4. The van der Waals surface area contributed by atoms with E-state index < -0.39 is 12.1 Å². The van der Waals surface area contributed by atoms with Gasteiger partial charge in [0.15, 0.2) is 0 Å². The molecule has 1 saturated carbocycles. The molecule has 0 spiro atoms. The first-order valence-corrected chi connectivity index (χ1v) is 8.19. The molecule has 0 aromatic carbocycles. The second kappa shape index (κ2) is 6.64. The van der Waals surface area contributed by atoms with Crippen molar-refractivity contribution in [1.29, 1.82) is 0 Å². The number of hydrogen-bond acceptors (Lipinski definition) is 5. The predicted molar refractivity (Wildman–Crippen MR) is 77.9 cm³/mol. The van der Waals surface area contributed by atoms with Crippen LogP contribution in [-0.2, 0) is 14.3 Å². The highest BCUT2D eigenvalue weighted by Gasteiger charge is 2.45. The van der Waals surface area contributed by atoms with E-state index in [4.69, 9.17) is 14.6 Å². The van der Waals surface area contributed by atoms with Crippen molar-refractivity contribution in [3.63, 3.8) is 0 Å². The van der Waals surface area contributed by atoms with Crippen LogP contribution in [0.15, 0.2) is 0 Å².